The molecule has 0 N–H and O–H groups in total. The average molecular weight is 154 g/mol. The summed E-state index contributed by atoms with van der Waals surface area (Å²) in [6.45, 7) is 7.25. The normalized spacial score (nSPS) is 32.5. The fraction of sp³-hybridized carbons (Fsp3) is 1.00. The van der Waals surface area contributed by atoms with Gasteiger partial charge in [0.25, 0.3) is 0 Å². The van der Waals surface area contributed by atoms with E-state index in [1.54, 1.807) is 0 Å². The van der Waals surface area contributed by atoms with E-state index in [0.29, 0.717) is 5.41 Å². The summed E-state index contributed by atoms with van der Waals surface area (Å²) in [4.78, 5) is 0. The Kier molecular flexibility index (Phi) is 2.98. The molecule has 66 valence electrons. The van der Waals surface area contributed by atoms with Gasteiger partial charge >= 0.3 is 0 Å². The molecule has 1 unspecified atom stereocenters. The van der Waals surface area contributed by atoms with Crippen molar-refractivity contribution in [3.05, 3.63) is 0 Å². The first-order chi connectivity index (χ1) is 5.10. The number of rotatable bonds is 0. The van der Waals surface area contributed by atoms with Gasteiger partial charge in [0, 0.05) is 0 Å². The Morgan fingerprint density at radius 2 is 1.73 bits per heavy atom. The molecule has 0 aromatic heterocycles. The molecule has 1 fully saturated rings. The first-order valence-electron chi connectivity index (χ1n) is 5.10. The molecule has 1 atom stereocenters. The smallest absolute Gasteiger partial charge is 0.0354 e. The lowest BCUT2D eigenvalue weighted by atomic mass is 9.77. The second kappa shape index (κ2) is 3.60. The van der Waals surface area contributed by atoms with Crippen molar-refractivity contribution < 1.29 is 0 Å². The van der Waals surface area contributed by atoms with Crippen LogP contribution in [0.4, 0.5) is 0 Å². The van der Waals surface area contributed by atoms with E-state index in [4.69, 9.17) is 0 Å². The molecule has 1 aliphatic rings. The highest BCUT2D eigenvalue weighted by Crippen LogP contribution is 2.34. The Labute approximate surface area is 71.4 Å². The van der Waals surface area contributed by atoms with Crippen LogP contribution < -0.4 is 0 Å². The highest BCUT2D eigenvalue weighted by molar-refractivity contribution is 4.72. The molecule has 0 saturated heterocycles. The molecular formula is C11H22. The minimum absolute atomic E-state index is 0.634. The van der Waals surface area contributed by atoms with E-state index in [1.807, 2.05) is 0 Å². The molecule has 1 saturated carbocycles. The van der Waals surface area contributed by atoms with Gasteiger partial charge in [-0.25, -0.2) is 0 Å². The van der Waals surface area contributed by atoms with Crippen LogP contribution in [0.15, 0.2) is 0 Å². The van der Waals surface area contributed by atoms with Crippen LogP contribution in [0.2, 0.25) is 0 Å². The van der Waals surface area contributed by atoms with Crippen LogP contribution in [-0.4, -0.2) is 0 Å². The molecule has 11 heavy (non-hydrogen) atoms. The maximum absolute atomic E-state index is 2.42. The first-order valence-corrected chi connectivity index (χ1v) is 5.10. The molecular weight excluding hydrogens is 132 g/mol. The molecule has 0 spiro atoms. The second-order valence-corrected chi connectivity index (χ2v) is 5.05. The van der Waals surface area contributed by atoms with Gasteiger partial charge in [-0.05, 0) is 24.2 Å². The maximum atomic E-state index is 2.42. The fourth-order valence-electron chi connectivity index (χ4n) is 2.00. The van der Waals surface area contributed by atoms with Crippen molar-refractivity contribution in [2.45, 2.75) is 59.3 Å². The van der Waals surface area contributed by atoms with Crippen LogP contribution in [0, 0.1) is 11.3 Å². The van der Waals surface area contributed by atoms with Crippen molar-refractivity contribution in [1.29, 1.82) is 0 Å². The summed E-state index contributed by atoms with van der Waals surface area (Å²) >= 11 is 0. The zero-order valence-corrected chi connectivity index (χ0v) is 8.32. The molecule has 0 bridgehead atoms. The molecule has 0 amide bonds. The third-order valence-corrected chi connectivity index (χ3v) is 3.11. The molecule has 1 aliphatic carbocycles. The first kappa shape index (κ1) is 9.09. The summed E-state index contributed by atoms with van der Waals surface area (Å²) in [5, 5.41) is 0. The maximum Gasteiger partial charge on any atom is -0.0354 e. The van der Waals surface area contributed by atoms with Gasteiger partial charge in [0.1, 0.15) is 0 Å². The zero-order valence-electron chi connectivity index (χ0n) is 8.32. The van der Waals surface area contributed by atoms with Gasteiger partial charge in [0.05, 0.1) is 0 Å². The Morgan fingerprint density at radius 3 is 2.45 bits per heavy atom. The summed E-state index contributed by atoms with van der Waals surface area (Å²) in [5.41, 5.74) is 0.634. The minimum atomic E-state index is 0.634. The Morgan fingerprint density at radius 1 is 1.00 bits per heavy atom. The van der Waals surface area contributed by atoms with E-state index < -0.39 is 0 Å². The zero-order chi connectivity index (χ0) is 8.32. The van der Waals surface area contributed by atoms with Crippen LogP contribution in [0.25, 0.3) is 0 Å². The highest BCUT2D eigenvalue weighted by Gasteiger charge is 2.20. The standard InChI is InChI=1S/C11H22/c1-10-6-4-5-8-11(2,3)9-7-10/h10H,4-9H2,1-3H3. The van der Waals surface area contributed by atoms with Crippen LogP contribution in [0.3, 0.4) is 0 Å². The molecule has 0 radical (unpaired) electrons. The fourth-order valence-corrected chi connectivity index (χ4v) is 2.00. The van der Waals surface area contributed by atoms with Gasteiger partial charge in [-0.2, -0.15) is 0 Å². The highest BCUT2D eigenvalue weighted by atomic mass is 14.3. The van der Waals surface area contributed by atoms with Gasteiger partial charge in [-0.3, -0.25) is 0 Å². The van der Waals surface area contributed by atoms with Gasteiger partial charge in [-0.1, -0.05) is 46.5 Å². The van der Waals surface area contributed by atoms with Gasteiger partial charge in [-0.15, -0.1) is 0 Å². The lowest BCUT2D eigenvalue weighted by molar-refractivity contribution is 0.238. The summed E-state index contributed by atoms with van der Waals surface area (Å²) in [5.74, 6) is 0.981. The van der Waals surface area contributed by atoms with E-state index in [2.05, 4.69) is 20.8 Å². The molecule has 0 nitrogen and oxygen atoms in total. The van der Waals surface area contributed by atoms with Crippen molar-refractivity contribution in [3.63, 3.8) is 0 Å². The molecule has 0 aromatic carbocycles. The van der Waals surface area contributed by atoms with Crippen LogP contribution in [-0.2, 0) is 0 Å². The molecule has 0 heterocycles. The SMILES string of the molecule is CC1CCCCC(C)(C)CC1. The predicted molar refractivity (Wildman–Crippen MR) is 50.6 cm³/mol. The molecule has 0 aromatic rings. The quantitative estimate of drug-likeness (QED) is 0.494. The second-order valence-electron chi connectivity index (χ2n) is 5.05. The van der Waals surface area contributed by atoms with Crippen molar-refractivity contribution in [1.82, 2.24) is 0 Å². The Balaban J connectivity index is 2.38. The monoisotopic (exact) mass is 154 g/mol. The van der Waals surface area contributed by atoms with Crippen molar-refractivity contribution in [3.8, 4) is 0 Å². The molecule has 0 heteroatoms. The Hall–Kier alpha value is 0. The van der Waals surface area contributed by atoms with Gasteiger partial charge < -0.3 is 0 Å². The van der Waals surface area contributed by atoms with E-state index in [-0.39, 0.29) is 0 Å². The minimum Gasteiger partial charge on any atom is -0.0625 e. The summed E-state index contributed by atoms with van der Waals surface area (Å²) in [6, 6.07) is 0. The molecule has 1 rings (SSSR count). The van der Waals surface area contributed by atoms with E-state index in [9.17, 15) is 0 Å². The van der Waals surface area contributed by atoms with Crippen molar-refractivity contribution in [2.75, 3.05) is 0 Å². The average Bonchev–Trinajstić information content (AvgIpc) is 1.92. The van der Waals surface area contributed by atoms with E-state index >= 15 is 0 Å². The predicted octanol–water partition coefficient (Wildman–Crippen LogP) is 4.00. The third kappa shape index (κ3) is 3.27. The van der Waals surface area contributed by atoms with Crippen molar-refractivity contribution >= 4 is 0 Å². The lowest BCUT2D eigenvalue weighted by Crippen LogP contribution is -2.15. The van der Waals surface area contributed by atoms with Gasteiger partial charge in [0.2, 0.25) is 0 Å². The topological polar surface area (TPSA) is 0 Å². The number of hydrogen-bond donors (Lipinski definition) is 0. The largest absolute Gasteiger partial charge is 0.0625 e. The summed E-state index contributed by atoms with van der Waals surface area (Å²) in [7, 11) is 0. The van der Waals surface area contributed by atoms with Crippen LogP contribution >= 0.6 is 0 Å². The summed E-state index contributed by atoms with van der Waals surface area (Å²) in [6.07, 6.45) is 8.72. The van der Waals surface area contributed by atoms with E-state index in [1.165, 1.54) is 38.5 Å². The lowest BCUT2D eigenvalue weighted by Gasteiger charge is -2.29. The van der Waals surface area contributed by atoms with Gasteiger partial charge in [0.15, 0.2) is 0 Å². The van der Waals surface area contributed by atoms with Crippen molar-refractivity contribution in [2.24, 2.45) is 11.3 Å². The van der Waals surface area contributed by atoms with Crippen LogP contribution in [0.1, 0.15) is 59.3 Å². The summed E-state index contributed by atoms with van der Waals surface area (Å²) < 4.78 is 0. The van der Waals surface area contributed by atoms with E-state index in [0.717, 1.165) is 5.92 Å². The Bertz CT molecular complexity index is 113. The number of hydrogen-bond acceptors (Lipinski definition) is 0. The molecule has 0 aliphatic heterocycles. The third-order valence-electron chi connectivity index (χ3n) is 3.11. The van der Waals surface area contributed by atoms with Crippen LogP contribution in [0.5, 0.6) is 0 Å².